The van der Waals surface area contributed by atoms with E-state index in [2.05, 4.69) is 0 Å². The van der Waals surface area contributed by atoms with Gasteiger partial charge in [-0.25, -0.2) is 4.79 Å². The molecule has 1 aliphatic rings. The van der Waals surface area contributed by atoms with Crippen molar-refractivity contribution in [1.29, 1.82) is 0 Å². The fourth-order valence-electron chi connectivity index (χ4n) is 1.90. The molecule has 1 fully saturated rings. The number of Topliss-reactive ketones (excluding diaryl/α,β-unsaturated/α-hetero) is 1. The Kier molecular flexibility index (Phi) is 5.90. The monoisotopic (exact) mass is 228 g/mol. The standard InChI is InChI=1S/C12H20O4/c1-2-8-15-12(14)16-9-11(13)10-6-4-3-5-7-10/h10H,2-9H2,1H3. The number of hydrogen-bond donors (Lipinski definition) is 0. The molecule has 0 radical (unpaired) electrons. The Bertz CT molecular complexity index is 231. The van der Waals surface area contributed by atoms with Crippen LogP contribution in [0.25, 0.3) is 0 Å². The molecule has 0 amide bonds. The first-order valence-corrected chi connectivity index (χ1v) is 6.06. The Morgan fingerprint density at radius 3 is 2.44 bits per heavy atom. The van der Waals surface area contributed by atoms with Gasteiger partial charge < -0.3 is 9.47 Å². The van der Waals surface area contributed by atoms with Crippen LogP contribution in [0.3, 0.4) is 0 Å². The van der Waals surface area contributed by atoms with Gasteiger partial charge in [-0.05, 0) is 19.3 Å². The molecular formula is C12H20O4. The maximum absolute atomic E-state index is 11.6. The van der Waals surface area contributed by atoms with E-state index < -0.39 is 6.16 Å². The zero-order chi connectivity index (χ0) is 11.8. The van der Waals surface area contributed by atoms with Gasteiger partial charge >= 0.3 is 6.16 Å². The molecule has 0 unspecified atom stereocenters. The van der Waals surface area contributed by atoms with Crippen molar-refractivity contribution in [2.24, 2.45) is 5.92 Å². The maximum atomic E-state index is 11.6. The zero-order valence-corrected chi connectivity index (χ0v) is 9.87. The largest absolute Gasteiger partial charge is 0.508 e. The van der Waals surface area contributed by atoms with E-state index in [1.165, 1.54) is 6.42 Å². The van der Waals surface area contributed by atoms with Crippen LogP contribution in [0.2, 0.25) is 0 Å². The highest BCUT2D eigenvalue weighted by molar-refractivity contribution is 5.83. The quantitative estimate of drug-likeness (QED) is 0.679. The summed E-state index contributed by atoms with van der Waals surface area (Å²) in [5.41, 5.74) is 0. The summed E-state index contributed by atoms with van der Waals surface area (Å²) < 4.78 is 9.46. The average Bonchev–Trinajstić information content (AvgIpc) is 2.34. The van der Waals surface area contributed by atoms with Crippen molar-refractivity contribution in [1.82, 2.24) is 0 Å². The topological polar surface area (TPSA) is 52.6 Å². The molecule has 4 heteroatoms. The van der Waals surface area contributed by atoms with Gasteiger partial charge in [0.2, 0.25) is 0 Å². The van der Waals surface area contributed by atoms with Crippen LogP contribution in [0.1, 0.15) is 45.4 Å². The molecule has 0 heterocycles. The van der Waals surface area contributed by atoms with E-state index in [-0.39, 0.29) is 18.3 Å². The molecule has 0 bridgehead atoms. The van der Waals surface area contributed by atoms with E-state index in [1.807, 2.05) is 6.92 Å². The van der Waals surface area contributed by atoms with Crippen LogP contribution in [0.5, 0.6) is 0 Å². The molecule has 1 saturated carbocycles. The third kappa shape index (κ3) is 4.64. The van der Waals surface area contributed by atoms with Gasteiger partial charge in [-0.3, -0.25) is 4.79 Å². The molecule has 1 rings (SSSR count). The first kappa shape index (κ1) is 13.0. The van der Waals surface area contributed by atoms with E-state index in [0.717, 1.165) is 32.1 Å². The van der Waals surface area contributed by atoms with Crippen LogP contribution >= 0.6 is 0 Å². The highest BCUT2D eigenvalue weighted by atomic mass is 16.7. The summed E-state index contributed by atoms with van der Waals surface area (Å²) in [6.07, 6.45) is 5.33. The summed E-state index contributed by atoms with van der Waals surface area (Å²) in [5, 5.41) is 0. The number of carbonyl (C=O) groups excluding carboxylic acids is 2. The Hall–Kier alpha value is -1.06. The van der Waals surface area contributed by atoms with Gasteiger partial charge in [-0.1, -0.05) is 26.2 Å². The highest BCUT2D eigenvalue weighted by Crippen LogP contribution is 2.24. The van der Waals surface area contributed by atoms with Crippen molar-refractivity contribution in [2.45, 2.75) is 45.4 Å². The molecule has 0 aliphatic heterocycles. The summed E-state index contributed by atoms with van der Waals surface area (Å²) in [5.74, 6) is 0.126. The Balaban J connectivity index is 2.15. The summed E-state index contributed by atoms with van der Waals surface area (Å²) in [4.78, 5) is 22.6. The Morgan fingerprint density at radius 1 is 1.12 bits per heavy atom. The minimum absolute atomic E-state index is 0.0353. The van der Waals surface area contributed by atoms with Crippen LogP contribution < -0.4 is 0 Å². The maximum Gasteiger partial charge on any atom is 0.508 e. The van der Waals surface area contributed by atoms with Gasteiger partial charge in [0.25, 0.3) is 0 Å². The van der Waals surface area contributed by atoms with Crippen molar-refractivity contribution in [3.8, 4) is 0 Å². The van der Waals surface area contributed by atoms with Crippen LogP contribution in [0.4, 0.5) is 4.79 Å². The number of hydrogen-bond acceptors (Lipinski definition) is 4. The molecule has 92 valence electrons. The molecule has 0 aromatic heterocycles. The molecule has 0 N–H and O–H groups in total. The predicted octanol–water partition coefficient (Wildman–Crippen LogP) is 2.70. The molecule has 16 heavy (non-hydrogen) atoms. The molecule has 0 aromatic rings. The van der Waals surface area contributed by atoms with E-state index in [9.17, 15) is 9.59 Å². The van der Waals surface area contributed by atoms with E-state index in [1.54, 1.807) is 0 Å². The van der Waals surface area contributed by atoms with Gasteiger partial charge in [0.1, 0.15) is 0 Å². The molecule has 0 spiro atoms. The lowest BCUT2D eigenvalue weighted by molar-refractivity contribution is -0.127. The number of ketones is 1. The van der Waals surface area contributed by atoms with Crippen LogP contribution in [-0.4, -0.2) is 25.2 Å². The lowest BCUT2D eigenvalue weighted by atomic mass is 9.86. The fraction of sp³-hybridized carbons (Fsp3) is 0.833. The molecule has 1 aliphatic carbocycles. The van der Waals surface area contributed by atoms with Crippen molar-refractivity contribution < 1.29 is 19.1 Å². The van der Waals surface area contributed by atoms with Crippen molar-refractivity contribution in [3.05, 3.63) is 0 Å². The minimum Gasteiger partial charge on any atom is -0.434 e. The lowest BCUT2D eigenvalue weighted by Gasteiger charge is -2.19. The van der Waals surface area contributed by atoms with Crippen molar-refractivity contribution in [3.63, 3.8) is 0 Å². The second kappa shape index (κ2) is 7.25. The van der Waals surface area contributed by atoms with Crippen LogP contribution in [0.15, 0.2) is 0 Å². The lowest BCUT2D eigenvalue weighted by Crippen LogP contribution is -2.24. The van der Waals surface area contributed by atoms with Gasteiger partial charge in [-0.2, -0.15) is 0 Å². The SMILES string of the molecule is CCCOC(=O)OCC(=O)C1CCCCC1. The van der Waals surface area contributed by atoms with Gasteiger partial charge in [0.15, 0.2) is 12.4 Å². The van der Waals surface area contributed by atoms with Gasteiger partial charge in [0.05, 0.1) is 6.61 Å². The summed E-state index contributed by atoms with van der Waals surface area (Å²) in [7, 11) is 0. The van der Waals surface area contributed by atoms with Crippen LogP contribution in [0, 0.1) is 5.92 Å². The zero-order valence-electron chi connectivity index (χ0n) is 9.87. The number of ether oxygens (including phenoxy) is 2. The summed E-state index contributed by atoms with van der Waals surface area (Å²) >= 11 is 0. The van der Waals surface area contributed by atoms with Gasteiger partial charge in [0, 0.05) is 5.92 Å². The smallest absolute Gasteiger partial charge is 0.434 e. The molecule has 0 saturated heterocycles. The molecule has 0 atom stereocenters. The normalized spacial score (nSPS) is 16.8. The predicted molar refractivity (Wildman–Crippen MR) is 59.2 cm³/mol. The van der Waals surface area contributed by atoms with Crippen molar-refractivity contribution in [2.75, 3.05) is 13.2 Å². The summed E-state index contributed by atoms with van der Waals surface area (Å²) in [6, 6.07) is 0. The first-order valence-electron chi connectivity index (χ1n) is 6.06. The average molecular weight is 228 g/mol. The van der Waals surface area contributed by atoms with Crippen molar-refractivity contribution >= 4 is 11.9 Å². The number of rotatable bonds is 5. The third-order valence-electron chi connectivity index (χ3n) is 2.82. The third-order valence-corrected chi connectivity index (χ3v) is 2.82. The van der Waals surface area contributed by atoms with Crippen LogP contribution in [-0.2, 0) is 14.3 Å². The molecule has 4 nitrogen and oxygen atoms in total. The first-order chi connectivity index (χ1) is 7.74. The molecular weight excluding hydrogens is 208 g/mol. The second-order valence-corrected chi connectivity index (χ2v) is 4.19. The summed E-state index contributed by atoms with van der Waals surface area (Å²) in [6.45, 7) is 2.12. The second-order valence-electron chi connectivity index (χ2n) is 4.19. The fourth-order valence-corrected chi connectivity index (χ4v) is 1.90. The van der Waals surface area contributed by atoms with E-state index >= 15 is 0 Å². The van der Waals surface area contributed by atoms with Gasteiger partial charge in [-0.15, -0.1) is 0 Å². The Morgan fingerprint density at radius 2 is 1.81 bits per heavy atom. The van der Waals surface area contributed by atoms with E-state index in [0.29, 0.717) is 6.61 Å². The minimum atomic E-state index is -0.731. The number of carbonyl (C=O) groups is 2. The Labute approximate surface area is 96.3 Å². The van der Waals surface area contributed by atoms with E-state index in [4.69, 9.17) is 9.47 Å². The molecule has 0 aromatic carbocycles. The highest BCUT2D eigenvalue weighted by Gasteiger charge is 2.22.